The van der Waals surface area contributed by atoms with Crippen LogP contribution in [-0.2, 0) is 9.59 Å². The summed E-state index contributed by atoms with van der Waals surface area (Å²) < 4.78 is 1.62. The van der Waals surface area contributed by atoms with Gasteiger partial charge in [0.15, 0.2) is 0 Å². The molecule has 6 rings (SSSR count). The van der Waals surface area contributed by atoms with Gasteiger partial charge in [-0.2, -0.15) is 14.8 Å². The quantitative estimate of drug-likeness (QED) is 0.477. The van der Waals surface area contributed by atoms with Gasteiger partial charge in [-0.1, -0.05) is 6.58 Å². The molecule has 2 saturated heterocycles. The lowest BCUT2D eigenvalue weighted by Gasteiger charge is -2.27. The highest BCUT2D eigenvalue weighted by atomic mass is 16.2. The molecule has 9 nitrogen and oxygen atoms in total. The molecule has 1 unspecified atom stereocenters. The van der Waals surface area contributed by atoms with Crippen molar-refractivity contribution in [3.05, 3.63) is 61.2 Å². The van der Waals surface area contributed by atoms with Crippen LogP contribution in [0.4, 0.5) is 0 Å². The molecule has 0 saturated carbocycles. The van der Waals surface area contributed by atoms with Crippen LogP contribution in [0, 0.1) is 0 Å². The van der Waals surface area contributed by atoms with E-state index in [0.29, 0.717) is 26.1 Å². The summed E-state index contributed by atoms with van der Waals surface area (Å²) in [4.78, 5) is 37.0. The first-order chi connectivity index (χ1) is 16.6. The van der Waals surface area contributed by atoms with Gasteiger partial charge in [-0.25, -0.2) is 4.98 Å². The summed E-state index contributed by atoms with van der Waals surface area (Å²) in [5, 5.41) is 9.67. The van der Waals surface area contributed by atoms with Gasteiger partial charge < -0.3 is 14.8 Å². The van der Waals surface area contributed by atoms with Crippen LogP contribution < -0.4 is 0 Å². The van der Waals surface area contributed by atoms with Crippen LogP contribution in [0.5, 0.6) is 0 Å². The number of likely N-dealkylation sites (tertiary alicyclic amines) is 2. The molecule has 2 atom stereocenters. The molecule has 2 amide bonds. The lowest BCUT2D eigenvalue weighted by Crippen LogP contribution is -2.46. The van der Waals surface area contributed by atoms with E-state index in [0.717, 1.165) is 46.2 Å². The molecule has 4 aromatic rings. The highest BCUT2D eigenvalue weighted by Gasteiger charge is 2.38. The van der Waals surface area contributed by atoms with Gasteiger partial charge >= 0.3 is 0 Å². The molecule has 0 aliphatic carbocycles. The van der Waals surface area contributed by atoms with E-state index in [2.05, 4.69) is 32.8 Å². The number of amides is 2. The highest BCUT2D eigenvalue weighted by Crippen LogP contribution is 2.35. The molecular formula is C25H25N7O2. The zero-order valence-corrected chi connectivity index (χ0v) is 18.7. The summed E-state index contributed by atoms with van der Waals surface area (Å²) in [5.74, 6) is 0.0780. The topological polar surface area (TPSA) is 99.5 Å². The summed E-state index contributed by atoms with van der Waals surface area (Å²) in [6, 6.07) is 7.68. The first-order valence-electron chi connectivity index (χ1n) is 11.6. The highest BCUT2D eigenvalue weighted by molar-refractivity contribution is 5.98. The van der Waals surface area contributed by atoms with E-state index in [1.165, 1.54) is 6.08 Å². The molecule has 0 aromatic carbocycles. The Labute approximate surface area is 196 Å². The van der Waals surface area contributed by atoms with Crippen molar-refractivity contribution in [1.29, 1.82) is 0 Å². The molecule has 9 heteroatoms. The van der Waals surface area contributed by atoms with Crippen molar-refractivity contribution in [2.75, 3.05) is 19.6 Å². The summed E-state index contributed by atoms with van der Waals surface area (Å²) >= 11 is 0. The predicted molar refractivity (Wildman–Crippen MR) is 127 cm³/mol. The Morgan fingerprint density at radius 1 is 1.12 bits per heavy atom. The molecule has 172 valence electrons. The van der Waals surface area contributed by atoms with Crippen LogP contribution in [0.2, 0.25) is 0 Å². The fraction of sp³-hybridized carbons (Fsp3) is 0.320. The third-order valence-corrected chi connectivity index (χ3v) is 7.08. The zero-order valence-electron chi connectivity index (χ0n) is 18.7. The van der Waals surface area contributed by atoms with Crippen LogP contribution >= 0.6 is 0 Å². The average Bonchev–Trinajstić information content (AvgIpc) is 3.67. The number of fused-ring (bicyclic) bond motifs is 2. The maximum atomic E-state index is 13.2. The summed E-state index contributed by atoms with van der Waals surface area (Å²) in [5.41, 5.74) is 4.88. The maximum absolute atomic E-state index is 13.2. The first kappa shape index (κ1) is 20.6. The Kier molecular flexibility index (Phi) is 4.90. The number of carbonyl (C=O) groups is 2. The number of carbonyl (C=O) groups excluding carboxylic acids is 2. The molecule has 6 heterocycles. The average molecular weight is 456 g/mol. The third kappa shape index (κ3) is 3.27. The Bertz CT molecular complexity index is 1420. The monoisotopic (exact) mass is 455 g/mol. The molecule has 0 radical (unpaired) electrons. The Hall–Kier alpha value is -4.01. The van der Waals surface area contributed by atoms with Crippen LogP contribution in [0.15, 0.2) is 55.5 Å². The van der Waals surface area contributed by atoms with Gasteiger partial charge in [0.05, 0.1) is 11.7 Å². The van der Waals surface area contributed by atoms with E-state index < -0.39 is 0 Å². The number of aromatic amines is 1. The Balaban J connectivity index is 1.26. The molecule has 0 bridgehead atoms. The Morgan fingerprint density at radius 2 is 2.03 bits per heavy atom. The Morgan fingerprint density at radius 3 is 2.91 bits per heavy atom. The fourth-order valence-corrected chi connectivity index (χ4v) is 5.37. The van der Waals surface area contributed by atoms with E-state index >= 15 is 0 Å². The molecule has 1 N–H and O–H groups in total. The van der Waals surface area contributed by atoms with Gasteiger partial charge in [0.25, 0.3) is 0 Å². The largest absolute Gasteiger partial charge is 0.343 e. The molecule has 4 aromatic heterocycles. The van der Waals surface area contributed by atoms with Crippen LogP contribution in [0.25, 0.3) is 27.7 Å². The van der Waals surface area contributed by atoms with Gasteiger partial charge in [-0.15, -0.1) is 0 Å². The smallest absolute Gasteiger partial charge is 0.246 e. The van der Waals surface area contributed by atoms with E-state index in [-0.39, 0.29) is 23.8 Å². The van der Waals surface area contributed by atoms with Gasteiger partial charge in [-0.3, -0.25) is 9.59 Å². The van der Waals surface area contributed by atoms with Crippen LogP contribution in [0.3, 0.4) is 0 Å². The second-order valence-corrected chi connectivity index (χ2v) is 8.97. The first-order valence-corrected chi connectivity index (χ1v) is 11.6. The lowest BCUT2D eigenvalue weighted by molar-refractivity contribution is -0.140. The van der Waals surface area contributed by atoms with Crippen molar-refractivity contribution >= 4 is 28.4 Å². The van der Waals surface area contributed by atoms with Gasteiger partial charge in [0.1, 0.15) is 11.7 Å². The number of hydrogen-bond donors (Lipinski definition) is 1. The number of nitrogens with one attached hydrogen (secondary N) is 1. The molecule has 0 spiro atoms. The van der Waals surface area contributed by atoms with E-state index in [4.69, 9.17) is 0 Å². The maximum Gasteiger partial charge on any atom is 0.246 e. The summed E-state index contributed by atoms with van der Waals surface area (Å²) in [6.45, 7) is 5.51. The molecule has 2 aliphatic heterocycles. The van der Waals surface area contributed by atoms with Crippen molar-refractivity contribution < 1.29 is 9.59 Å². The second kappa shape index (κ2) is 8.09. The minimum Gasteiger partial charge on any atom is -0.343 e. The predicted octanol–water partition coefficient (Wildman–Crippen LogP) is 2.77. The van der Waals surface area contributed by atoms with Crippen molar-refractivity contribution in [2.45, 2.75) is 31.2 Å². The molecule has 34 heavy (non-hydrogen) atoms. The minimum atomic E-state index is -0.371. The minimum absolute atomic E-state index is 0.0454. The van der Waals surface area contributed by atoms with Crippen molar-refractivity contribution in [1.82, 2.24) is 34.6 Å². The van der Waals surface area contributed by atoms with E-state index in [9.17, 15) is 9.59 Å². The van der Waals surface area contributed by atoms with Gasteiger partial charge in [0.2, 0.25) is 11.8 Å². The third-order valence-electron chi connectivity index (χ3n) is 7.08. The summed E-state index contributed by atoms with van der Waals surface area (Å²) in [6.07, 6.45) is 9.08. The van der Waals surface area contributed by atoms with E-state index in [1.807, 2.05) is 29.3 Å². The SMILES string of the molecule is C=CC(=O)N1CCC[C@@H]1C(=O)N1CCC(c2cc3c(-c4cnn5ncccc45)ccnc3[nH]2)C1. The van der Waals surface area contributed by atoms with Crippen molar-refractivity contribution in [3.63, 3.8) is 0 Å². The molecule has 2 fully saturated rings. The normalized spacial score (nSPS) is 20.5. The number of nitrogens with zero attached hydrogens (tertiary/aromatic N) is 6. The van der Waals surface area contributed by atoms with Crippen molar-refractivity contribution in [2.24, 2.45) is 0 Å². The number of H-pyrrole nitrogens is 1. The van der Waals surface area contributed by atoms with E-state index in [1.54, 1.807) is 21.9 Å². The summed E-state index contributed by atoms with van der Waals surface area (Å²) in [7, 11) is 0. The fourth-order valence-electron chi connectivity index (χ4n) is 5.37. The number of pyridine rings is 1. The van der Waals surface area contributed by atoms with Gasteiger partial charge in [0, 0.05) is 54.6 Å². The van der Waals surface area contributed by atoms with Crippen molar-refractivity contribution in [3.8, 4) is 11.1 Å². The van der Waals surface area contributed by atoms with Gasteiger partial charge in [-0.05, 0) is 55.2 Å². The molecule has 2 aliphatic rings. The number of rotatable bonds is 4. The lowest BCUT2D eigenvalue weighted by atomic mass is 10.0. The second-order valence-electron chi connectivity index (χ2n) is 8.97. The number of aromatic nitrogens is 5. The van der Waals surface area contributed by atoms with Crippen LogP contribution in [0.1, 0.15) is 30.9 Å². The zero-order chi connectivity index (χ0) is 23.2. The number of hydrogen-bond acceptors (Lipinski definition) is 5. The standard InChI is InChI=1S/C25H25N7O2/c1-2-23(33)31-11-4-6-22(31)25(34)30-12-8-16(15-30)20-13-18-17(7-10-26-24(18)29-20)19-14-28-32-21(19)5-3-9-27-32/h2-3,5,7,9-10,13-14,16,22H,1,4,6,8,11-12,15H2,(H,26,29)/t16?,22-/m1/s1. The van der Waals surface area contributed by atoms with Crippen LogP contribution in [-0.4, -0.2) is 72.1 Å². The molecular weight excluding hydrogens is 430 g/mol.